The molecule has 0 aliphatic heterocycles. The summed E-state index contributed by atoms with van der Waals surface area (Å²) in [6.45, 7) is 3.59. The minimum Gasteiger partial charge on any atom is -0.467 e. The van der Waals surface area contributed by atoms with Crippen molar-refractivity contribution in [3.8, 4) is 0 Å². The number of hydrogen-bond donors (Lipinski definition) is 3. The first-order chi connectivity index (χ1) is 13.0. The summed E-state index contributed by atoms with van der Waals surface area (Å²) in [7, 11) is 0. The average molecular weight is 365 g/mol. The number of anilines is 3. The van der Waals surface area contributed by atoms with Gasteiger partial charge in [0.05, 0.1) is 12.8 Å². The number of carbonyl (C=O) groups is 2. The minimum absolute atomic E-state index is 0.183. The van der Waals surface area contributed by atoms with Crippen molar-refractivity contribution in [2.75, 3.05) is 16.0 Å². The smallest absolute Gasteiger partial charge is 0.274 e. The second kappa shape index (κ2) is 8.13. The fourth-order valence-electron chi connectivity index (χ4n) is 2.44. The van der Waals surface area contributed by atoms with Crippen molar-refractivity contribution in [2.45, 2.75) is 20.4 Å². The fourth-order valence-corrected chi connectivity index (χ4v) is 2.44. The molecule has 3 rings (SSSR count). The Hall–Kier alpha value is -3.68. The predicted octanol–water partition coefficient (Wildman–Crippen LogP) is 3.20. The number of amides is 2. The van der Waals surface area contributed by atoms with E-state index in [4.69, 9.17) is 4.42 Å². The first kappa shape index (κ1) is 18.1. The molecular formula is C19H19N5O3. The number of furan rings is 1. The Morgan fingerprint density at radius 2 is 1.81 bits per heavy atom. The van der Waals surface area contributed by atoms with E-state index < -0.39 is 0 Å². The third kappa shape index (κ3) is 5.15. The molecule has 138 valence electrons. The maximum Gasteiger partial charge on any atom is 0.274 e. The van der Waals surface area contributed by atoms with Crippen molar-refractivity contribution < 1.29 is 14.0 Å². The summed E-state index contributed by atoms with van der Waals surface area (Å²) in [6, 6.07) is 12.1. The van der Waals surface area contributed by atoms with Gasteiger partial charge in [-0.1, -0.05) is 6.07 Å². The van der Waals surface area contributed by atoms with Crippen molar-refractivity contribution >= 4 is 29.0 Å². The molecule has 0 aliphatic carbocycles. The van der Waals surface area contributed by atoms with Crippen LogP contribution in [0.1, 0.15) is 29.0 Å². The molecule has 3 aromatic rings. The summed E-state index contributed by atoms with van der Waals surface area (Å²) in [4.78, 5) is 32.2. The second-order valence-corrected chi connectivity index (χ2v) is 5.83. The van der Waals surface area contributed by atoms with E-state index in [1.807, 2.05) is 6.07 Å². The van der Waals surface area contributed by atoms with Gasteiger partial charge < -0.3 is 20.4 Å². The van der Waals surface area contributed by atoms with Crippen LogP contribution < -0.4 is 16.0 Å². The van der Waals surface area contributed by atoms with Gasteiger partial charge in [-0.25, -0.2) is 9.97 Å². The van der Waals surface area contributed by atoms with Crippen molar-refractivity contribution in [3.63, 3.8) is 0 Å². The van der Waals surface area contributed by atoms with E-state index in [2.05, 4.69) is 25.9 Å². The number of nitrogens with one attached hydrogen (secondary N) is 3. The highest BCUT2D eigenvalue weighted by Gasteiger charge is 2.12. The highest BCUT2D eigenvalue weighted by molar-refractivity contribution is 6.03. The van der Waals surface area contributed by atoms with Crippen LogP contribution in [0.25, 0.3) is 0 Å². The molecule has 2 heterocycles. The van der Waals surface area contributed by atoms with Gasteiger partial charge in [-0.15, -0.1) is 0 Å². The number of aryl methyl sites for hydroxylation is 1. The Labute approximate surface area is 156 Å². The topological polar surface area (TPSA) is 109 Å². The van der Waals surface area contributed by atoms with Crippen LogP contribution in [0.4, 0.5) is 17.2 Å². The normalized spacial score (nSPS) is 10.3. The Balaban J connectivity index is 1.71. The van der Waals surface area contributed by atoms with Crippen molar-refractivity contribution in [2.24, 2.45) is 0 Å². The van der Waals surface area contributed by atoms with Crippen LogP contribution in [0.15, 0.2) is 53.1 Å². The molecule has 0 atom stereocenters. The third-order valence-electron chi connectivity index (χ3n) is 3.54. The molecule has 1 aromatic carbocycles. The Morgan fingerprint density at radius 3 is 2.52 bits per heavy atom. The molecule has 2 amide bonds. The number of rotatable bonds is 6. The van der Waals surface area contributed by atoms with Gasteiger partial charge in [-0.2, -0.15) is 0 Å². The lowest BCUT2D eigenvalue weighted by molar-refractivity contribution is -0.114. The monoisotopic (exact) mass is 365 g/mol. The first-order valence-electron chi connectivity index (χ1n) is 8.30. The highest BCUT2D eigenvalue weighted by Crippen LogP contribution is 2.17. The molecule has 0 radical (unpaired) electrons. The number of hydrogen-bond acceptors (Lipinski definition) is 6. The quantitative estimate of drug-likeness (QED) is 0.619. The third-order valence-corrected chi connectivity index (χ3v) is 3.54. The lowest BCUT2D eigenvalue weighted by Crippen LogP contribution is -2.16. The molecular weight excluding hydrogens is 346 g/mol. The zero-order valence-corrected chi connectivity index (χ0v) is 14.9. The summed E-state index contributed by atoms with van der Waals surface area (Å²) >= 11 is 0. The molecule has 0 fully saturated rings. The van der Waals surface area contributed by atoms with Gasteiger partial charge in [0.25, 0.3) is 5.91 Å². The van der Waals surface area contributed by atoms with Gasteiger partial charge in [0.2, 0.25) is 5.91 Å². The number of carbonyl (C=O) groups excluding carboxylic acids is 2. The zero-order valence-electron chi connectivity index (χ0n) is 14.9. The maximum absolute atomic E-state index is 12.5. The summed E-state index contributed by atoms with van der Waals surface area (Å²) in [6.07, 6.45) is 1.59. The first-order valence-corrected chi connectivity index (χ1v) is 8.30. The molecule has 0 aliphatic rings. The summed E-state index contributed by atoms with van der Waals surface area (Å²) in [5.74, 6) is 1.19. The van der Waals surface area contributed by atoms with Crippen LogP contribution in [0, 0.1) is 6.92 Å². The van der Waals surface area contributed by atoms with E-state index >= 15 is 0 Å². The van der Waals surface area contributed by atoms with Crippen LogP contribution in [-0.4, -0.2) is 21.8 Å². The SMILES string of the molecule is CC(=O)Nc1cccc(NC(=O)c2cc(NCc3ccco3)nc(C)n2)c1. The largest absolute Gasteiger partial charge is 0.467 e. The van der Waals surface area contributed by atoms with Gasteiger partial charge in [0.1, 0.15) is 23.1 Å². The van der Waals surface area contributed by atoms with Gasteiger partial charge in [0, 0.05) is 24.4 Å². The molecule has 0 saturated heterocycles. The van der Waals surface area contributed by atoms with Gasteiger partial charge in [-0.3, -0.25) is 9.59 Å². The van der Waals surface area contributed by atoms with E-state index in [1.54, 1.807) is 49.6 Å². The molecule has 3 N–H and O–H groups in total. The lowest BCUT2D eigenvalue weighted by atomic mass is 10.2. The van der Waals surface area contributed by atoms with Crippen molar-refractivity contribution in [1.29, 1.82) is 0 Å². The zero-order chi connectivity index (χ0) is 19.2. The molecule has 8 nitrogen and oxygen atoms in total. The van der Waals surface area contributed by atoms with E-state index in [0.29, 0.717) is 29.6 Å². The molecule has 2 aromatic heterocycles. The number of benzene rings is 1. The van der Waals surface area contributed by atoms with E-state index in [9.17, 15) is 9.59 Å². The summed E-state index contributed by atoms with van der Waals surface area (Å²) in [5.41, 5.74) is 1.38. The molecule has 27 heavy (non-hydrogen) atoms. The van der Waals surface area contributed by atoms with E-state index in [0.717, 1.165) is 5.76 Å². The summed E-state index contributed by atoms with van der Waals surface area (Å²) < 4.78 is 5.27. The highest BCUT2D eigenvalue weighted by atomic mass is 16.3. The average Bonchev–Trinajstić information content (AvgIpc) is 3.13. The van der Waals surface area contributed by atoms with Crippen LogP contribution in [0.3, 0.4) is 0 Å². The molecule has 0 bridgehead atoms. The maximum atomic E-state index is 12.5. The number of nitrogens with zero attached hydrogens (tertiary/aromatic N) is 2. The molecule has 0 unspecified atom stereocenters. The second-order valence-electron chi connectivity index (χ2n) is 5.83. The van der Waals surface area contributed by atoms with Crippen LogP contribution in [0.5, 0.6) is 0 Å². The Morgan fingerprint density at radius 1 is 1.04 bits per heavy atom. The van der Waals surface area contributed by atoms with E-state index in [1.165, 1.54) is 6.92 Å². The molecule has 0 saturated carbocycles. The van der Waals surface area contributed by atoms with Crippen LogP contribution in [0.2, 0.25) is 0 Å². The standard InChI is InChI=1S/C19H19N5O3/c1-12-21-17(10-18(22-12)20-11-16-7-4-8-27-16)19(26)24-15-6-3-5-14(9-15)23-13(2)25/h3-10H,11H2,1-2H3,(H,23,25)(H,24,26)(H,20,21,22). The van der Waals surface area contributed by atoms with Gasteiger partial charge in [-0.05, 0) is 37.3 Å². The predicted molar refractivity (Wildman–Crippen MR) is 102 cm³/mol. The van der Waals surface area contributed by atoms with Crippen LogP contribution in [-0.2, 0) is 11.3 Å². The van der Waals surface area contributed by atoms with Crippen molar-refractivity contribution in [3.05, 3.63) is 66.0 Å². The summed E-state index contributed by atoms with van der Waals surface area (Å²) in [5, 5.41) is 8.55. The molecule has 8 heteroatoms. The van der Waals surface area contributed by atoms with Crippen molar-refractivity contribution in [1.82, 2.24) is 9.97 Å². The fraction of sp³-hybridized carbons (Fsp3) is 0.158. The molecule has 0 spiro atoms. The van der Waals surface area contributed by atoms with Gasteiger partial charge in [0.15, 0.2) is 0 Å². The minimum atomic E-state index is -0.374. The lowest BCUT2D eigenvalue weighted by Gasteiger charge is -2.09. The Bertz CT molecular complexity index is 954. The van der Waals surface area contributed by atoms with Gasteiger partial charge >= 0.3 is 0 Å². The van der Waals surface area contributed by atoms with E-state index in [-0.39, 0.29) is 17.5 Å². The number of aromatic nitrogens is 2. The van der Waals surface area contributed by atoms with Crippen LogP contribution >= 0.6 is 0 Å². The Kier molecular flexibility index (Phi) is 5.46.